The number of aromatic nitrogens is 2. The van der Waals surface area contributed by atoms with Crippen LogP contribution >= 0.6 is 0 Å². The van der Waals surface area contributed by atoms with E-state index in [2.05, 4.69) is 9.97 Å². The van der Waals surface area contributed by atoms with Gasteiger partial charge in [-0.15, -0.1) is 0 Å². The van der Waals surface area contributed by atoms with Crippen LogP contribution in [0.15, 0.2) is 36.4 Å². The van der Waals surface area contributed by atoms with Crippen LogP contribution in [-0.4, -0.2) is 22.5 Å². The molecule has 2 rings (SSSR count). The zero-order chi connectivity index (χ0) is 13.0. The summed E-state index contributed by atoms with van der Waals surface area (Å²) in [6, 6.07) is 11.5. The second kappa shape index (κ2) is 5.40. The second-order valence-electron chi connectivity index (χ2n) is 3.80. The van der Waals surface area contributed by atoms with Crippen LogP contribution in [0.25, 0.3) is 11.3 Å². The van der Waals surface area contributed by atoms with Gasteiger partial charge in [-0.2, -0.15) is 0 Å². The van der Waals surface area contributed by atoms with E-state index in [1.807, 2.05) is 43.3 Å². The van der Waals surface area contributed by atoms with E-state index in [4.69, 9.17) is 4.74 Å². The van der Waals surface area contributed by atoms with Crippen LogP contribution < -0.4 is 0 Å². The third-order valence-electron chi connectivity index (χ3n) is 2.38. The van der Waals surface area contributed by atoms with E-state index in [1.165, 1.54) is 0 Å². The largest absolute Gasteiger partial charge is 0.460 e. The summed E-state index contributed by atoms with van der Waals surface area (Å²) in [5.41, 5.74) is 2.42. The number of benzene rings is 1. The fraction of sp³-hybridized carbons (Fsp3) is 0.214. The maximum atomic E-state index is 11.6. The standard InChI is InChI=1S/C14H14N2O2/c1-3-18-14(17)13-15-10(2)9-12(16-13)11-7-5-4-6-8-11/h4-9H,3H2,1-2H3. The van der Waals surface area contributed by atoms with Crippen molar-refractivity contribution < 1.29 is 9.53 Å². The highest BCUT2D eigenvalue weighted by Gasteiger charge is 2.12. The van der Waals surface area contributed by atoms with Crippen LogP contribution in [0.4, 0.5) is 0 Å². The van der Waals surface area contributed by atoms with Gasteiger partial charge < -0.3 is 4.74 Å². The molecule has 0 spiro atoms. The highest BCUT2D eigenvalue weighted by Crippen LogP contribution is 2.17. The molecule has 4 heteroatoms. The minimum atomic E-state index is -0.488. The van der Waals surface area contributed by atoms with E-state index < -0.39 is 5.97 Å². The average molecular weight is 242 g/mol. The van der Waals surface area contributed by atoms with Crippen LogP contribution in [0.3, 0.4) is 0 Å². The monoisotopic (exact) mass is 242 g/mol. The Balaban J connectivity index is 2.41. The summed E-state index contributed by atoms with van der Waals surface area (Å²) in [5, 5.41) is 0. The van der Waals surface area contributed by atoms with Gasteiger partial charge in [-0.3, -0.25) is 0 Å². The van der Waals surface area contributed by atoms with Crippen molar-refractivity contribution in [2.75, 3.05) is 6.61 Å². The van der Waals surface area contributed by atoms with Crippen LogP contribution in [0, 0.1) is 6.92 Å². The molecule has 0 aliphatic rings. The molecule has 0 radical (unpaired) electrons. The number of nitrogens with zero attached hydrogens (tertiary/aromatic N) is 2. The van der Waals surface area contributed by atoms with E-state index in [0.29, 0.717) is 6.61 Å². The highest BCUT2D eigenvalue weighted by molar-refractivity contribution is 5.85. The Bertz CT molecular complexity index is 553. The van der Waals surface area contributed by atoms with Crippen LogP contribution in [0.1, 0.15) is 23.2 Å². The number of hydrogen-bond donors (Lipinski definition) is 0. The summed E-state index contributed by atoms with van der Waals surface area (Å²) < 4.78 is 4.91. The first kappa shape index (κ1) is 12.2. The highest BCUT2D eigenvalue weighted by atomic mass is 16.5. The lowest BCUT2D eigenvalue weighted by Gasteiger charge is -2.05. The van der Waals surface area contributed by atoms with Crippen LogP contribution in [-0.2, 0) is 4.74 Å². The van der Waals surface area contributed by atoms with E-state index in [9.17, 15) is 4.79 Å². The molecule has 0 atom stereocenters. The number of carbonyl (C=O) groups is 1. The van der Waals surface area contributed by atoms with Crippen molar-refractivity contribution >= 4 is 5.97 Å². The lowest BCUT2D eigenvalue weighted by atomic mass is 10.1. The van der Waals surface area contributed by atoms with E-state index in [-0.39, 0.29) is 5.82 Å². The van der Waals surface area contributed by atoms with Gasteiger partial charge in [0.25, 0.3) is 0 Å². The average Bonchev–Trinajstić information content (AvgIpc) is 2.39. The van der Waals surface area contributed by atoms with Crippen molar-refractivity contribution in [3.8, 4) is 11.3 Å². The van der Waals surface area contributed by atoms with Crippen molar-refractivity contribution in [1.82, 2.24) is 9.97 Å². The molecule has 1 aromatic carbocycles. The molecule has 1 heterocycles. The fourth-order valence-corrected chi connectivity index (χ4v) is 1.61. The molecule has 0 N–H and O–H groups in total. The first-order chi connectivity index (χ1) is 8.70. The molecule has 92 valence electrons. The molecule has 18 heavy (non-hydrogen) atoms. The molecule has 0 amide bonds. The predicted octanol–water partition coefficient (Wildman–Crippen LogP) is 2.63. The normalized spacial score (nSPS) is 10.1. The minimum Gasteiger partial charge on any atom is -0.460 e. The van der Waals surface area contributed by atoms with Crippen LogP contribution in [0.5, 0.6) is 0 Å². The van der Waals surface area contributed by atoms with Gasteiger partial charge >= 0.3 is 5.97 Å². The summed E-state index contributed by atoms with van der Waals surface area (Å²) in [7, 11) is 0. The Morgan fingerprint density at radius 3 is 2.61 bits per heavy atom. The number of hydrogen-bond acceptors (Lipinski definition) is 4. The lowest BCUT2D eigenvalue weighted by Crippen LogP contribution is -2.11. The summed E-state index contributed by atoms with van der Waals surface area (Å²) in [5.74, 6) is -0.380. The number of ether oxygens (including phenoxy) is 1. The molecule has 0 aliphatic heterocycles. The first-order valence-electron chi connectivity index (χ1n) is 5.79. The number of rotatable bonds is 3. The Kier molecular flexibility index (Phi) is 3.67. The van der Waals surface area contributed by atoms with Gasteiger partial charge in [-0.05, 0) is 19.9 Å². The molecule has 0 fully saturated rings. The van der Waals surface area contributed by atoms with Gasteiger partial charge in [-0.25, -0.2) is 14.8 Å². The molecule has 2 aromatic rings. The second-order valence-corrected chi connectivity index (χ2v) is 3.80. The summed E-state index contributed by atoms with van der Waals surface area (Å²) in [6.07, 6.45) is 0. The molecule has 0 saturated heterocycles. The lowest BCUT2D eigenvalue weighted by molar-refractivity contribution is 0.0512. The van der Waals surface area contributed by atoms with Gasteiger partial charge in [-0.1, -0.05) is 30.3 Å². The molecule has 4 nitrogen and oxygen atoms in total. The van der Waals surface area contributed by atoms with Crippen molar-refractivity contribution in [3.63, 3.8) is 0 Å². The Morgan fingerprint density at radius 2 is 1.94 bits per heavy atom. The topological polar surface area (TPSA) is 52.1 Å². The van der Waals surface area contributed by atoms with E-state index in [0.717, 1.165) is 17.0 Å². The number of carbonyl (C=O) groups excluding carboxylic acids is 1. The molecule has 0 aliphatic carbocycles. The molecule has 1 aromatic heterocycles. The maximum absolute atomic E-state index is 11.6. The Morgan fingerprint density at radius 1 is 1.22 bits per heavy atom. The van der Waals surface area contributed by atoms with Gasteiger partial charge in [0.2, 0.25) is 5.82 Å². The van der Waals surface area contributed by atoms with Gasteiger partial charge in [0.15, 0.2) is 0 Å². The third kappa shape index (κ3) is 2.71. The van der Waals surface area contributed by atoms with Crippen molar-refractivity contribution in [1.29, 1.82) is 0 Å². The van der Waals surface area contributed by atoms with Crippen molar-refractivity contribution in [2.24, 2.45) is 0 Å². The number of aryl methyl sites for hydroxylation is 1. The van der Waals surface area contributed by atoms with E-state index in [1.54, 1.807) is 6.92 Å². The fourth-order valence-electron chi connectivity index (χ4n) is 1.61. The van der Waals surface area contributed by atoms with Gasteiger partial charge in [0, 0.05) is 11.3 Å². The third-order valence-corrected chi connectivity index (χ3v) is 2.38. The molecular weight excluding hydrogens is 228 g/mol. The van der Waals surface area contributed by atoms with Crippen LogP contribution in [0.2, 0.25) is 0 Å². The van der Waals surface area contributed by atoms with Crippen molar-refractivity contribution in [3.05, 3.63) is 47.9 Å². The molecule has 0 saturated carbocycles. The smallest absolute Gasteiger partial charge is 0.376 e. The molecule has 0 bridgehead atoms. The SMILES string of the molecule is CCOC(=O)c1nc(C)cc(-c2ccccc2)n1. The summed E-state index contributed by atoms with van der Waals surface area (Å²) in [6.45, 7) is 3.90. The Labute approximate surface area is 106 Å². The predicted molar refractivity (Wildman–Crippen MR) is 68.2 cm³/mol. The minimum absolute atomic E-state index is 0.107. The first-order valence-corrected chi connectivity index (χ1v) is 5.79. The quantitative estimate of drug-likeness (QED) is 0.776. The van der Waals surface area contributed by atoms with E-state index >= 15 is 0 Å². The zero-order valence-corrected chi connectivity index (χ0v) is 10.4. The van der Waals surface area contributed by atoms with Gasteiger partial charge in [0.1, 0.15) is 0 Å². The maximum Gasteiger partial charge on any atom is 0.376 e. The number of esters is 1. The summed E-state index contributed by atoms with van der Waals surface area (Å²) >= 11 is 0. The Hall–Kier alpha value is -2.23. The van der Waals surface area contributed by atoms with Gasteiger partial charge in [0.05, 0.1) is 12.3 Å². The molecular formula is C14H14N2O2. The summed E-state index contributed by atoms with van der Waals surface area (Å²) in [4.78, 5) is 20.0. The molecule has 0 unspecified atom stereocenters. The van der Waals surface area contributed by atoms with Crippen molar-refractivity contribution in [2.45, 2.75) is 13.8 Å². The zero-order valence-electron chi connectivity index (χ0n) is 10.4.